The number of Topliss-reactive ketones (excluding diaryl/α,β-unsaturated/α-hetero) is 1. The highest BCUT2D eigenvalue weighted by Gasteiger charge is 2.71. The van der Waals surface area contributed by atoms with E-state index in [-0.39, 0.29) is 18.9 Å². The first-order valence-corrected chi connectivity index (χ1v) is 18.6. The first-order chi connectivity index (χ1) is 25.1. The molecule has 6 nitrogen and oxygen atoms in total. The summed E-state index contributed by atoms with van der Waals surface area (Å²) in [6.45, 7) is 0.739. The van der Waals surface area contributed by atoms with Crippen molar-refractivity contribution in [3.8, 4) is 0 Å². The molecule has 5 aromatic rings. The third kappa shape index (κ3) is 5.99. The molecule has 8 rings (SSSR count). The molecule has 0 N–H and O–H groups in total. The average Bonchev–Trinajstić information content (AvgIpc) is 3.68. The van der Waals surface area contributed by atoms with Gasteiger partial charge in [-0.1, -0.05) is 147 Å². The zero-order chi connectivity index (χ0) is 36.2. The molecule has 0 unspecified atom stereocenters. The van der Waals surface area contributed by atoms with E-state index in [1.54, 1.807) is 60.7 Å². The summed E-state index contributed by atoms with van der Waals surface area (Å²) in [5.41, 5.74) is 0.888. The Hall–Kier alpha value is -3.59. The second-order valence-electron chi connectivity index (χ2n) is 13.0. The SMILES string of the molecule is O=C1[C@]2(CN(Cc3ccccc3)C[C@]13ON=C(c1c(Cl)cccc1Cl)[C@H]3c1ccc(Cl)cc1)ON=C(c1c(Cl)cccc1Cl)[C@H]2c1ccc(Cl)cc1. The van der Waals surface area contributed by atoms with Gasteiger partial charge < -0.3 is 9.68 Å². The normalized spacial score (nSPS) is 24.2. The van der Waals surface area contributed by atoms with Crippen LogP contribution in [0.15, 0.2) is 126 Å². The predicted molar refractivity (Wildman–Crippen MR) is 209 cm³/mol. The third-order valence-electron chi connectivity index (χ3n) is 9.87. The molecule has 3 heterocycles. The van der Waals surface area contributed by atoms with E-state index >= 15 is 4.79 Å². The molecule has 3 aliphatic rings. The number of benzene rings is 5. The summed E-state index contributed by atoms with van der Waals surface area (Å²) in [6, 6.07) is 34.9. The largest absolute Gasteiger partial charge is 0.378 e. The molecule has 0 aliphatic carbocycles. The van der Waals surface area contributed by atoms with Crippen LogP contribution in [0.3, 0.4) is 0 Å². The highest BCUT2D eigenvalue weighted by Crippen LogP contribution is 2.54. The smallest absolute Gasteiger partial charge is 0.230 e. The Morgan fingerprint density at radius 1 is 0.558 bits per heavy atom. The molecular weight excluding hydrogens is 783 g/mol. The Balaban J connectivity index is 1.36. The molecular formula is C40H27Cl6N3O3. The molecule has 12 heteroatoms. The van der Waals surface area contributed by atoms with Crippen molar-refractivity contribution >= 4 is 86.8 Å². The van der Waals surface area contributed by atoms with Crippen LogP contribution in [0.5, 0.6) is 0 Å². The predicted octanol–water partition coefficient (Wildman–Crippen LogP) is 10.9. The van der Waals surface area contributed by atoms with Gasteiger partial charge in [-0.25, -0.2) is 0 Å². The van der Waals surface area contributed by atoms with Gasteiger partial charge in [0.05, 0.1) is 31.9 Å². The van der Waals surface area contributed by atoms with Gasteiger partial charge in [0.1, 0.15) is 11.4 Å². The molecule has 52 heavy (non-hydrogen) atoms. The number of halogens is 6. The van der Waals surface area contributed by atoms with Crippen molar-refractivity contribution in [2.75, 3.05) is 13.1 Å². The van der Waals surface area contributed by atoms with Gasteiger partial charge in [-0.15, -0.1) is 0 Å². The second-order valence-corrected chi connectivity index (χ2v) is 15.5. The highest BCUT2D eigenvalue weighted by molar-refractivity contribution is 6.42. The van der Waals surface area contributed by atoms with E-state index in [2.05, 4.69) is 15.2 Å². The number of nitrogens with zero attached hydrogens (tertiary/aromatic N) is 3. The van der Waals surface area contributed by atoms with Crippen LogP contribution in [0, 0.1) is 0 Å². The summed E-state index contributed by atoms with van der Waals surface area (Å²) >= 11 is 40.1. The van der Waals surface area contributed by atoms with E-state index in [0.29, 0.717) is 59.2 Å². The van der Waals surface area contributed by atoms with Crippen molar-refractivity contribution in [3.63, 3.8) is 0 Å². The molecule has 4 atom stereocenters. The molecule has 1 fully saturated rings. The molecule has 1 saturated heterocycles. The summed E-state index contributed by atoms with van der Waals surface area (Å²) in [4.78, 5) is 31.2. The highest BCUT2D eigenvalue weighted by atomic mass is 35.5. The van der Waals surface area contributed by atoms with Crippen molar-refractivity contribution in [3.05, 3.63) is 173 Å². The van der Waals surface area contributed by atoms with Gasteiger partial charge in [-0.05, 0) is 65.2 Å². The fourth-order valence-corrected chi connectivity index (χ4v) is 9.14. The number of piperidine rings is 1. The van der Waals surface area contributed by atoms with Crippen LogP contribution in [0.1, 0.15) is 39.7 Å². The van der Waals surface area contributed by atoms with E-state index < -0.39 is 23.0 Å². The molecule has 2 spiro atoms. The molecule has 0 amide bonds. The first-order valence-electron chi connectivity index (χ1n) is 16.3. The number of hydrogen-bond acceptors (Lipinski definition) is 6. The second kappa shape index (κ2) is 14.0. The minimum absolute atomic E-state index is 0.143. The Morgan fingerprint density at radius 3 is 1.37 bits per heavy atom. The van der Waals surface area contributed by atoms with Gasteiger partial charge in [0.2, 0.25) is 17.0 Å². The van der Waals surface area contributed by atoms with Gasteiger partial charge in [-0.2, -0.15) is 0 Å². The van der Waals surface area contributed by atoms with Crippen LogP contribution >= 0.6 is 69.6 Å². The van der Waals surface area contributed by atoms with E-state index in [9.17, 15) is 0 Å². The molecule has 262 valence electrons. The van der Waals surface area contributed by atoms with Crippen LogP contribution in [0.25, 0.3) is 0 Å². The molecule has 0 aromatic heterocycles. The van der Waals surface area contributed by atoms with Crippen molar-refractivity contribution in [1.29, 1.82) is 0 Å². The minimum Gasteiger partial charge on any atom is -0.378 e. The van der Waals surface area contributed by atoms with Gasteiger partial charge in [-0.3, -0.25) is 9.69 Å². The summed E-state index contributed by atoms with van der Waals surface area (Å²) in [7, 11) is 0. The number of oxime groups is 2. The lowest BCUT2D eigenvalue weighted by Gasteiger charge is -2.49. The zero-order valence-electron chi connectivity index (χ0n) is 27.1. The zero-order valence-corrected chi connectivity index (χ0v) is 31.6. The van der Waals surface area contributed by atoms with Crippen molar-refractivity contribution in [2.45, 2.75) is 29.6 Å². The maximum absolute atomic E-state index is 16.0. The van der Waals surface area contributed by atoms with Gasteiger partial charge in [0.25, 0.3) is 0 Å². The standard InChI is InChI=1S/C40H27Cl6N3O3/c41-26-16-12-24(13-17-26)34-36(32-28(43)8-4-9-29(32)44)47-51-39(34)21-49(20-23-6-2-1-3-7-23)22-40(38(39)50)35(25-14-18-27(42)19-15-25)37(48-52-40)33-30(45)10-5-11-31(33)46/h1-19,34-35H,20-22H2/t34-,35-,39-,40-/m1/s1. The van der Waals surface area contributed by atoms with Crippen LogP contribution in [0.2, 0.25) is 30.1 Å². The van der Waals surface area contributed by atoms with Crippen molar-refractivity contribution in [1.82, 2.24) is 4.90 Å². The summed E-state index contributed by atoms with van der Waals surface area (Å²) < 4.78 is 0. The molecule has 5 aromatic carbocycles. The van der Waals surface area contributed by atoms with Crippen LogP contribution in [0.4, 0.5) is 0 Å². The van der Waals surface area contributed by atoms with Crippen LogP contribution in [-0.2, 0) is 21.0 Å². The Kier molecular flexibility index (Phi) is 9.54. The number of hydrogen-bond donors (Lipinski definition) is 0. The fourth-order valence-electron chi connectivity index (χ4n) is 7.70. The molecule has 0 saturated carbocycles. The maximum Gasteiger partial charge on any atom is 0.230 e. The van der Waals surface area contributed by atoms with Gasteiger partial charge in [0, 0.05) is 40.8 Å². The third-order valence-corrected chi connectivity index (χ3v) is 11.6. The summed E-state index contributed by atoms with van der Waals surface area (Å²) in [5.74, 6) is -1.96. The number of likely N-dealkylation sites (tertiary alicyclic amines) is 1. The number of ketones is 1. The average molecular weight is 810 g/mol. The van der Waals surface area contributed by atoms with Crippen molar-refractivity contribution in [2.24, 2.45) is 10.3 Å². The summed E-state index contributed by atoms with van der Waals surface area (Å²) in [5, 5.41) is 11.8. The van der Waals surface area contributed by atoms with Gasteiger partial charge >= 0.3 is 0 Å². The Labute approximate surface area is 330 Å². The summed E-state index contributed by atoms with van der Waals surface area (Å²) in [6.07, 6.45) is 0. The first kappa shape index (κ1) is 35.4. The van der Waals surface area contributed by atoms with E-state index in [4.69, 9.17) is 79.3 Å². The fraction of sp³-hybridized carbons (Fsp3) is 0.175. The number of carbonyl (C=O) groups excluding carboxylic acids is 1. The topological polar surface area (TPSA) is 63.5 Å². The van der Waals surface area contributed by atoms with Crippen LogP contribution < -0.4 is 0 Å². The quantitative estimate of drug-likeness (QED) is 0.171. The van der Waals surface area contributed by atoms with Crippen LogP contribution in [-0.4, -0.2) is 46.4 Å². The molecule has 0 radical (unpaired) electrons. The minimum atomic E-state index is -1.65. The Morgan fingerprint density at radius 2 is 0.962 bits per heavy atom. The lowest BCUT2D eigenvalue weighted by molar-refractivity contribution is -0.186. The van der Waals surface area contributed by atoms with E-state index in [0.717, 1.165) is 16.7 Å². The molecule has 3 aliphatic heterocycles. The van der Waals surface area contributed by atoms with E-state index in [1.807, 2.05) is 54.6 Å². The number of carbonyl (C=O) groups is 1. The monoisotopic (exact) mass is 807 g/mol. The van der Waals surface area contributed by atoms with Crippen molar-refractivity contribution < 1.29 is 14.5 Å². The maximum atomic E-state index is 16.0. The number of rotatable bonds is 6. The lowest BCUT2D eigenvalue weighted by Crippen LogP contribution is -2.70. The van der Waals surface area contributed by atoms with E-state index in [1.165, 1.54) is 0 Å². The molecule has 0 bridgehead atoms. The van der Waals surface area contributed by atoms with Gasteiger partial charge in [0.15, 0.2) is 0 Å². The Bertz CT molecular complexity index is 2070. The lowest BCUT2D eigenvalue weighted by atomic mass is 9.63.